The van der Waals surface area contributed by atoms with Crippen LogP contribution in [0.1, 0.15) is 19.8 Å². The number of nitrogens with zero attached hydrogens (tertiary/aromatic N) is 1. The van der Waals surface area contributed by atoms with Crippen LogP contribution < -0.4 is 5.32 Å². The normalized spacial score (nSPS) is 19.1. The van der Waals surface area contributed by atoms with Gasteiger partial charge in [0.1, 0.15) is 0 Å². The Morgan fingerprint density at radius 1 is 1.40 bits per heavy atom. The number of hydrogen-bond acceptors (Lipinski definition) is 1. The fourth-order valence-corrected chi connectivity index (χ4v) is 2.00. The molecular formula is C9H15F3N2S. The molecule has 1 saturated heterocycles. The van der Waals surface area contributed by atoms with Gasteiger partial charge in [0, 0.05) is 19.6 Å². The number of alkyl halides is 3. The Morgan fingerprint density at radius 3 is 2.33 bits per heavy atom. The van der Waals surface area contributed by atoms with E-state index in [1.165, 1.54) is 0 Å². The molecule has 15 heavy (non-hydrogen) atoms. The van der Waals surface area contributed by atoms with Crippen molar-refractivity contribution in [1.82, 2.24) is 10.2 Å². The maximum atomic E-state index is 12.4. The summed E-state index contributed by atoms with van der Waals surface area (Å²) in [7, 11) is 0. The molecule has 0 radical (unpaired) electrons. The van der Waals surface area contributed by atoms with Crippen molar-refractivity contribution < 1.29 is 13.2 Å². The van der Waals surface area contributed by atoms with Gasteiger partial charge in [0.2, 0.25) is 0 Å². The van der Waals surface area contributed by atoms with E-state index in [0.717, 1.165) is 0 Å². The lowest BCUT2D eigenvalue weighted by atomic mass is 9.97. The molecule has 1 fully saturated rings. The van der Waals surface area contributed by atoms with Crippen LogP contribution in [0.15, 0.2) is 0 Å². The molecular weight excluding hydrogens is 225 g/mol. The average Bonchev–Trinajstić information content (AvgIpc) is 2.17. The molecule has 0 bridgehead atoms. The van der Waals surface area contributed by atoms with Crippen LogP contribution in [0.25, 0.3) is 0 Å². The fourth-order valence-electron chi connectivity index (χ4n) is 1.67. The maximum Gasteiger partial charge on any atom is 0.391 e. The maximum absolute atomic E-state index is 12.4. The molecule has 0 atom stereocenters. The van der Waals surface area contributed by atoms with Crippen LogP contribution in [0.2, 0.25) is 0 Å². The first-order valence-corrected chi connectivity index (χ1v) is 5.45. The van der Waals surface area contributed by atoms with Gasteiger partial charge in [-0.1, -0.05) is 0 Å². The predicted octanol–water partition coefficient (Wildman–Crippen LogP) is 2.16. The van der Waals surface area contributed by atoms with Gasteiger partial charge in [-0.15, -0.1) is 0 Å². The van der Waals surface area contributed by atoms with E-state index < -0.39 is 12.1 Å². The van der Waals surface area contributed by atoms with Crippen LogP contribution in [-0.4, -0.2) is 35.8 Å². The minimum atomic E-state index is -4.05. The Morgan fingerprint density at radius 2 is 1.93 bits per heavy atom. The molecule has 88 valence electrons. The number of hydrogen-bond donors (Lipinski definition) is 1. The average molecular weight is 240 g/mol. The number of rotatable bonds is 1. The third-order valence-corrected chi connectivity index (χ3v) is 2.98. The van der Waals surface area contributed by atoms with E-state index >= 15 is 0 Å². The van der Waals surface area contributed by atoms with Crippen molar-refractivity contribution in [3.05, 3.63) is 0 Å². The number of piperidine rings is 1. The summed E-state index contributed by atoms with van der Waals surface area (Å²) in [5, 5.41) is 3.51. The zero-order valence-electron chi connectivity index (χ0n) is 8.60. The first kappa shape index (κ1) is 12.5. The van der Waals surface area contributed by atoms with E-state index in [1.54, 1.807) is 4.90 Å². The van der Waals surface area contributed by atoms with Crippen molar-refractivity contribution in [2.24, 2.45) is 5.92 Å². The van der Waals surface area contributed by atoms with Crippen LogP contribution >= 0.6 is 12.2 Å². The molecule has 1 aliphatic heterocycles. The van der Waals surface area contributed by atoms with E-state index in [4.69, 9.17) is 12.2 Å². The molecule has 1 aliphatic rings. The van der Waals surface area contributed by atoms with Gasteiger partial charge in [-0.25, -0.2) is 0 Å². The van der Waals surface area contributed by atoms with E-state index in [0.29, 0.717) is 24.7 Å². The second-order valence-electron chi connectivity index (χ2n) is 3.64. The first-order chi connectivity index (χ1) is 6.95. The van der Waals surface area contributed by atoms with E-state index in [2.05, 4.69) is 5.32 Å². The Kier molecular flexibility index (Phi) is 4.19. The lowest BCUT2D eigenvalue weighted by Gasteiger charge is -2.34. The standard InChI is InChI=1S/C9H15F3N2S/c1-2-13-8(15)14-5-3-7(4-6-14)9(10,11)12/h7H,2-6H2,1H3,(H,13,15). The topological polar surface area (TPSA) is 15.3 Å². The predicted molar refractivity (Wildman–Crippen MR) is 56.6 cm³/mol. The molecule has 1 rings (SSSR count). The highest BCUT2D eigenvalue weighted by Gasteiger charge is 2.41. The van der Waals surface area contributed by atoms with Gasteiger partial charge in [-0.2, -0.15) is 13.2 Å². The highest BCUT2D eigenvalue weighted by atomic mass is 32.1. The largest absolute Gasteiger partial charge is 0.391 e. The summed E-state index contributed by atoms with van der Waals surface area (Å²) in [5.74, 6) is -1.15. The fraction of sp³-hybridized carbons (Fsp3) is 0.889. The lowest BCUT2D eigenvalue weighted by molar-refractivity contribution is -0.183. The van der Waals surface area contributed by atoms with Crippen LogP contribution in [0.4, 0.5) is 13.2 Å². The van der Waals surface area contributed by atoms with Crippen LogP contribution in [-0.2, 0) is 0 Å². The summed E-state index contributed by atoms with van der Waals surface area (Å²) in [4.78, 5) is 1.81. The summed E-state index contributed by atoms with van der Waals surface area (Å²) < 4.78 is 37.1. The number of halogens is 3. The smallest absolute Gasteiger partial charge is 0.363 e. The van der Waals surface area contributed by atoms with Crippen LogP contribution in [0.3, 0.4) is 0 Å². The van der Waals surface area contributed by atoms with Gasteiger partial charge in [0.05, 0.1) is 5.92 Å². The number of thiocarbonyl (C=S) groups is 1. The van der Waals surface area contributed by atoms with Crippen molar-refractivity contribution in [1.29, 1.82) is 0 Å². The van der Waals surface area contributed by atoms with Crippen LogP contribution in [0, 0.1) is 5.92 Å². The Balaban J connectivity index is 2.39. The second kappa shape index (κ2) is 5.01. The van der Waals surface area contributed by atoms with Crippen molar-refractivity contribution in [2.45, 2.75) is 25.9 Å². The Bertz CT molecular complexity index is 222. The molecule has 0 aliphatic carbocycles. The summed E-state index contributed by atoms with van der Waals surface area (Å²) in [6.45, 7) is 3.42. The monoisotopic (exact) mass is 240 g/mol. The van der Waals surface area contributed by atoms with Crippen molar-refractivity contribution in [3.8, 4) is 0 Å². The SMILES string of the molecule is CCNC(=S)N1CCC(C(F)(F)F)CC1. The van der Waals surface area contributed by atoms with Gasteiger partial charge in [-0.05, 0) is 32.0 Å². The summed E-state index contributed by atoms with van der Waals surface area (Å²) in [5.41, 5.74) is 0. The molecule has 0 saturated carbocycles. The Labute approximate surface area is 92.8 Å². The van der Waals surface area contributed by atoms with Crippen molar-refractivity contribution in [3.63, 3.8) is 0 Å². The molecule has 0 unspecified atom stereocenters. The van der Waals surface area contributed by atoms with Crippen molar-refractivity contribution >= 4 is 17.3 Å². The minimum Gasteiger partial charge on any atom is -0.363 e. The molecule has 1 N–H and O–H groups in total. The lowest BCUT2D eigenvalue weighted by Crippen LogP contribution is -2.46. The van der Waals surface area contributed by atoms with Gasteiger partial charge >= 0.3 is 6.18 Å². The molecule has 6 heteroatoms. The third kappa shape index (κ3) is 3.52. The van der Waals surface area contributed by atoms with Gasteiger partial charge in [0.15, 0.2) is 5.11 Å². The quantitative estimate of drug-likeness (QED) is 0.707. The molecule has 0 spiro atoms. The minimum absolute atomic E-state index is 0.148. The molecule has 0 aromatic rings. The molecule has 0 amide bonds. The second-order valence-corrected chi connectivity index (χ2v) is 4.03. The number of nitrogens with one attached hydrogen (secondary N) is 1. The van der Waals surface area contributed by atoms with Gasteiger partial charge < -0.3 is 10.2 Å². The Hall–Kier alpha value is -0.520. The van der Waals surface area contributed by atoms with E-state index in [-0.39, 0.29) is 12.8 Å². The zero-order chi connectivity index (χ0) is 11.5. The molecule has 0 aromatic heterocycles. The summed E-state index contributed by atoms with van der Waals surface area (Å²) in [6, 6.07) is 0. The van der Waals surface area contributed by atoms with Crippen molar-refractivity contribution in [2.75, 3.05) is 19.6 Å². The van der Waals surface area contributed by atoms with Crippen LogP contribution in [0.5, 0.6) is 0 Å². The first-order valence-electron chi connectivity index (χ1n) is 5.04. The van der Waals surface area contributed by atoms with Gasteiger partial charge in [-0.3, -0.25) is 0 Å². The zero-order valence-corrected chi connectivity index (χ0v) is 9.42. The third-order valence-electron chi connectivity index (χ3n) is 2.57. The summed E-state index contributed by atoms with van der Waals surface area (Å²) in [6.07, 6.45) is -3.75. The molecule has 2 nitrogen and oxygen atoms in total. The van der Waals surface area contributed by atoms with E-state index in [1.807, 2.05) is 6.92 Å². The number of likely N-dealkylation sites (tertiary alicyclic amines) is 1. The highest BCUT2D eigenvalue weighted by Crippen LogP contribution is 2.33. The molecule has 1 heterocycles. The summed E-state index contributed by atoms with van der Waals surface area (Å²) >= 11 is 5.04. The van der Waals surface area contributed by atoms with Gasteiger partial charge in [0.25, 0.3) is 0 Å². The molecule has 0 aromatic carbocycles. The highest BCUT2D eigenvalue weighted by molar-refractivity contribution is 7.80. The van der Waals surface area contributed by atoms with E-state index in [9.17, 15) is 13.2 Å².